The lowest BCUT2D eigenvalue weighted by molar-refractivity contribution is 0.422. The zero-order valence-corrected chi connectivity index (χ0v) is 4.27. The molecule has 0 unspecified atom stereocenters. The van der Waals surface area contributed by atoms with E-state index in [4.69, 9.17) is 0 Å². The van der Waals surface area contributed by atoms with Crippen LogP contribution in [0.25, 0.3) is 0 Å². The highest BCUT2D eigenvalue weighted by Gasteiger charge is 1.77. The van der Waals surface area contributed by atoms with Gasteiger partial charge in [-0.25, -0.2) is 0 Å². The Morgan fingerprint density at radius 2 is 1.88 bits per heavy atom. The van der Waals surface area contributed by atoms with Crippen molar-refractivity contribution in [3.63, 3.8) is 0 Å². The number of allylic oxidation sites excluding steroid dienone is 4. The molecule has 2 heteroatoms. The minimum atomic E-state index is -1.69. The maximum absolute atomic E-state index is 11.1. The maximum atomic E-state index is 11.1. The first-order chi connectivity index (χ1) is 3.77. The summed E-state index contributed by atoms with van der Waals surface area (Å²) in [5.74, 6) is 0. The van der Waals surface area contributed by atoms with Crippen LogP contribution in [-0.4, -0.2) is 0 Å². The van der Waals surface area contributed by atoms with Crippen LogP contribution in [0.3, 0.4) is 0 Å². The van der Waals surface area contributed by atoms with E-state index < -0.39 is 6.08 Å². The molecule has 0 atom stereocenters. The number of halogens is 2. The van der Waals surface area contributed by atoms with Crippen LogP contribution in [0, 0.1) is 0 Å². The summed E-state index contributed by atoms with van der Waals surface area (Å²) < 4.78 is 22.3. The fourth-order valence-electron chi connectivity index (χ4n) is 0.207. The lowest BCUT2D eigenvalue weighted by Crippen LogP contribution is -1.51. The highest BCUT2D eigenvalue weighted by Crippen LogP contribution is 1.95. The van der Waals surface area contributed by atoms with Crippen LogP contribution in [-0.2, 0) is 0 Å². The summed E-state index contributed by atoms with van der Waals surface area (Å²) in [6.45, 7) is 3.30. The topological polar surface area (TPSA) is 0 Å². The van der Waals surface area contributed by atoms with Gasteiger partial charge in [-0.3, -0.25) is 0 Å². The standard InChI is InChI=1S/C6H6F2/c1-2-3-4-5-6(7)8/h2-5H,1H2/b4-3-. The molecule has 0 aromatic rings. The first-order valence-electron chi connectivity index (χ1n) is 2.07. The van der Waals surface area contributed by atoms with Gasteiger partial charge in [0.1, 0.15) is 0 Å². The summed E-state index contributed by atoms with van der Waals surface area (Å²) in [7, 11) is 0. The number of hydrogen-bond acceptors (Lipinski definition) is 0. The van der Waals surface area contributed by atoms with Crippen LogP contribution in [0.15, 0.2) is 37.0 Å². The summed E-state index contributed by atoms with van der Waals surface area (Å²) in [6, 6.07) is 0. The van der Waals surface area contributed by atoms with Gasteiger partial charge < -0.3 is 0 Å². The average molecular weight is 116 g/mol. The van der Waals surface area contributed by atoms with Gasteiger partial charge in [0.05, 0.1) is 0 Å². The first kappa shape index (κ1) is 7.08. The summed E-state index contributed by atoms with van der Waals surface area (Å²) in [6.07, 6.45) is 3.10. The Hall–Kier alpha value is -0.920. The Bertz CT molecular complexity index is 118. The van der Waals surface area contributed by atoms with E-state index in [2.05, 4.69) is 6.58 Å². The van der Waals surface area contributed by atoms with E-state index in [1.54, 1.807) is 0 Å². The molecule has 0 heterocycles. The molecule has 0 bridgehead atoms. The number of rotatable bonds is 2. The van der Waals surface area contributed by atoms with Crippen molar-refractivity contribution in [2.75, 3.05) is 0 Å². The molecule has 0 amide bonds. The smallest absolute Gasteiger partial charge is 0.173 e. The van der Waals surface area contributed by atoms with Gasteiger partial charge in [0, 0.05) is 6.08 Å². The molecule has 0 aliphatic heterocycles. The lowest BCUT2D eigenvalue weighted by atomic mass is 10.5. The third-order valence-corrected chi connectivity index (χ3v) is 0.469. The molecule has 0 spiro atoms. The predicted octanol–water partition coefficient (Wildman–Crippen LogP) is 2.51. The summed E-state index contributed by atoms with van der Waals surface area (Å²) in [4.78, 5) is 0. The Kier molecular flexibility index (Phi) is 3.76. The molecule has 0 aliphatic carbocycles. The second-order valence-corrected chi connectivity index (χ2v) is 1.08. The third-order valence-electron chi connectivity index (χ3n) is 0.469. The van der Waals surface area contributed by atoms with Crippen molar-refractivity contribution in [2.45, 2.75) is 0 Å². The quantitative estimate of drug-likeness (QED) is 0.486. The van der Waals surface area contributed by atoms with Gasteiger partial charge in [-0.1, -0.05) is 24.8 Å². The van der Waals surface area contributed by atoms with Crippen molar-refractivity contribution in [3.05, 3.63) is 37.0 Å². The van der Waals surface area contributed by atoms with Crippen molar-refractivity contribution < 1.29 is 8.78 Å². The normalized spacial score (nSPS) is 9.25. The molecular formula is C6H6F2. The Morgan fingerprint density at radius 3 is 2.25 bits per heavy atom. The van der Waals surface area contributed by atoms with Gasteiger partial charge in [-0.05, 0) is 0 Å². The van der Waals surface area contributed by atoms with E-state index in [1.807, 2.05) is 0 Å². The van der Waals surface area contributed by atoms with E-state index >= 15 is 0 Å². The molecule has 0 nitrogen and oxygen atoms in total. The summed E-state index contributed by atoms with van der Waals surface area (Å²) >= 11 is 0. The minimum Gasteiger partial charge on any atom is -0.173 e. The van der Waals surface area contributed by atoms with Gasteiger partial charge >= 0.3 is 0 Å². The molecule has 44 valence electrons. The minimum absolute atomic E-state index is 0.710. The predicted molar refractivity (Wildman–Crippen MR) is 29.6 cm³/mol. The monoisotopic (exact) mass is 116 g/mol. The van der Waals surface area contributed by atoms with E-state index in [0.29, 0.717) is 6.08 Å². The zero-order chi connectivity index (χ0) is 6.41. The fraction of sp³-hybridized carbons (Fsp3) is 0. The largest absolute Gasteiger partial charge is 0.270 e. The van der Waals surface area contributed by atoms with Gasteiger partial charge in [-0.15, -0.1) is 0 Å². The second-order valence-electron chi connectivity index (χ2n) is 1.08. The van der Waals surface area contributed by atoms with Crippen molar-refractivity contribution in [2.24, 2.45) is 0 Å². The molecule has 0 aromatic heterocycles. The van der Waals surface area contributed by atoms with E-state index in [1.165, 1.54) is 18.2 Å². The molecule has 8 heavy (non-hydrogen) atoms. The van der Waals surface area contributed by atoms with Crippen molar-refractivity contribution in [1.82, 2.24) is 0 Å². The maximum Gasteiger partial charge on any atom is 0.270 e. The Balaban J connectivity index is 3.57. The van der Waals surface area contributed by atoms with E-state index in [0.717, 1.165) is 0 Å². The molecule has 0 radical (unpaired) electrons. The van der Waals surface area contributed by atoms with Crippen LogP contribution in [0.2, 0.25) is 0 Å². The summed E-state index contributed by atoms with van der Waals surface area (Å²) in [5, 5.41) is 0. The van der Waals surface area contributed by atoms with Crippen LogP contribution in [0.5, 0.6) is 0 Å². The molecule has 0 N–H and O–H groups in total. The first-order valence-corrected chi connectivity index (χ1v) is 2.07. The Morgan fingerprint density at radius 1 is 1.25 bits per heavy atom. The van der Waals surface area contributed by atoms with Crippen molar-refractivity contribution >= 4 is 0 Å². The summed E-state index contributed by atoms with van der Waals surface area (Å²) in [5.41, 5.74) is 0. The van der Waals surface area contributed by atoms with Gasteiger partial charge in [0.2, 0.25) is 0 Å². The van der Waals surface area contributed by atoms with E-state index in [9.17, 15) is 8.78 Å². The molecule has 0 saturated heterocycles. The van der Waals surface area contributed by atoms with Gasteiger partial charge in [0.25, 0.3) is 6.08 Å². The van der Waals surface area contributed by atoms with E-state index in [-0.39, 0.29) is 0 Å². The fourth-order valence-corrected chi connectivity index (χ4v) is 0.207. The second kappa shape index (κ2) is 4.24. The molecule has 0 aliphatic rings. The van der Waals surface area contributed by atoms with Crippen LogP contribution < -0.4 is 0 Å². The van der Waals surface area contributed by atoms with Crippen molar-refractivity contribution in [3.8, 4) is 0 Å². The van der Waals surface area contributed by atoms with Gasteiger partial charge in [-0.2, -0.15) is 8.78 Å². The molecular weight excluding hydrogens is 110 g/mol. The molecule has 0 aromatic carbocycles. The average Bonchev–Trinajstić information content (AvgIpc) is 1.66. The SMILES string of the molecule is C=C/C=C\C=C(F)F. The Labute approximate surface area is 46.8 Å². The molecule has 0 fully saturated rings. The highest BCUT2D eigenvalue weighted by atomic mass is 19.3. The van der Waals surface area contributed by atoms with Crippen molar-refractivity contribution in [1.29, 1.82) is 0 Å². The molecule has 0 saturated carbocycles. The zero-order valence-electron chi connectivity index (χ0n) is 4.27. The van der Waals surface area contributed by atoms with Crippen LogP contribution in [0.1, 0.15) is 0 Å². The van der Waals surface area contributed by atoms with Gasteiger partial charge in [0.15, 0.2) is 0 Å². The molecule has 0 rings (SSSR count). The lowest BCUT2D eigenvalue weighted by Gasteiger charge is -1.70. The highest BCUT2D eigenvalue weighted by molar-refractivity contribution is 5.08. The van der Waals surface area contributed by atoms with Crippen LogP contribution in [0.4, 0.5) is 8.78 Å². The number of hydrogen-bond donors (Lipinski definition) is 0. The van der Waals surface area contributed by atoms with Crippen LogP contribution >= 0.6 is 0 Å². The third kappa shape index (κ3) is 5.08.